The lowest BCUT2D eigenvalue weighted by atomic mass is 9.88. The van der Waals surface area contributed by atoms with Gasteiger partial charge in [-0.15, -0.1) is 0 Å². The van der Waals surface area contributed by atoms with E-state index < -0.39 is 5.97 Å². The molecule has 1 heterocycles. The second-order valence-electron chi connectivity index (χ2n) is 9.94. The van der Waals surface area contributed by atoms with Crippen molar-refractivity contribution in [3.63, 3.8) is 0 Å². The molecule has 0 aromatic carbocycles. The normalized spacial score (nSPS) is 16.6. The van der Waals surface area contributed by atoms with E-state index in [4.69, 9.17) is 5.11 Å². The van der Waals surface area contributed by atoms with Crippen LogP contribution in [-0.4, -0.2) is 34.6 Å². The summed E-state index contributed by atoms with van der Waals surface area (Å²) < 4.78 is 0. The number of allylic oxidation sites excluding steroid dienone is 9. The average molecular weight is 497 g/mol. The number of nitrogens with zero attached hydrogens (tertiary/aromatic N) is 1. The van der Waals surface area contributed by atoms with Crippen molar-refractivity contribution in [1.82, 2.24) is 10.2 Å². The average Bonchev–Trinajstić information content (AvgIpc) is 2.84. The summed E-state index contributed by atoms with van der Waals surface area (Å²) >= 11 is 0. The third-order valence-corrected chi connectivity index (χ3v) is 6.64. The van der Waals surface area contributed by atoms with Gasteiger partial charge in [0, 0.05) is 31.1 Å². The Hall–Kier alpha value is -2.82. The molecule has 0 aromatic heterocycles. The number of rotatable bonds is 16. The first-order valence-electron chi connectivity index (χ1n) is 13.5. The topological polar surface area (TPSA) is 69.6 Å². The first-order chi connectivity index (χ1) is 17.2. The van der Waals surface area contributed by atoms with Gasteiger partial charge in [0.05, 0.1) is 0 Å². The Morgan fingerprint density at radius 3 is 2.44 bits per heavy atom. The van der Waals surface area contributed by atoms with Gasteiger partial charge in [-0.05, 0) is 75.4 Å². The van der Waals surface area contributed by atoms with Crippen molar-refractivity contribution in [3.05, 3.63) is 72.5 Å². The summed E-state index contributed by atoms with van der Waals surface area (Å²) in [5, 5.41) is 12.1. The van der Waals surface area contributed by atoms with Gasteiger partial charge in [-0.1, -0.05) is 76.0 Å². The Kier molecular flexibility index (Phi) is 15.2. The predicted molar refractivity (Wildman–Crippen MR) is 152 cm³/mol. The highest BCUT2D eigenvalue weighted by Crippen LogP contribution is 2.27. The van der Waals surface area contributed by atoms with Crippen molar-refractivity contribution in [2.75, 3.05) is 6.54 Å². The molecular formula is C31H48N2O3. The lowest BCUT2D eigenvalue weighted by Gasteiger charge is -2.32. The maximum absolute atomic E-state index is 12.6. The molecule has 0 unspecified atom stereocenters. The lowest BCUT2D eigenvalue weighted by molar-refractivity contribution is -0.138. The minimum Gasteiger partial charge on any atom is -0.481 e. The van der Waals surface area contributed by atoms with E-state index >= 15 is 0 Å². The van der Waals surface area contributed by atoms with Crippen LogP contribution in [0.1, 0.15) is 85.5 Å². The van der Waals surface area contributed by atoms with Gasteiger partial charge in [0.15, 0.2) is 0 Å². The molecule has 0 spiro atoms. The maximum Gasteiger partial charge on any atom is 0.321 e. The van der Waals surface area contributed by atoms with Crippen LogP contribution in [0.4, 0.5) is 4.79 Å². The summed E-state index contributed by atoms with van der Waals surface area (Å²) in [5.74, 6) is -0.121. The van der Waals surface area contributed by atoms with E-state index in [1.807, 2.05) is 30.9 Å². The first-order valence-corrected chi connectivity index (χ1v) is 13.5. The Bertz CT molecular complexity index is 848. The molecular weight excluding hydrogens is 448 g/mol. The maximum atomic E-state index is 12.6. The predicted octanol–water partition coefficient (Wildman–Crippen LogP) is 7.95. The van der Waals surface area contributed by atoms with Crippen molar-refractivity contribution < 1.29 is 14.7 Å². The number of amides is 2. The van der Waals surface area contributed by atoms with E-state index in [1.165, 1.54) is 5.57 Å². The van der Waals surface area contributed by atoms with Crippen molar-refractivity contribution in [3.8, 4) is 0 Å². The molecule has 2 amide bonds. The molecule has 1 rings (SSSR count). The van der Waals surface area contributed by atoms with Gasteiger partial charge in [0.25, 0.3) is 0 Å². The highest BCUT2D eigenvalue weighted by atomic mass is 16.4. The van der Waals surface area contributed by atoms with Gasteiger partial charge in [0.1, 0.15) is 0 Å². The molecule has 0 saturated heterocycles. The summed E-state index contributed by atoms with van der Waals surface area (Å²) in [7, 11) is 0. The lowest BCUT2D eigenvalue weighted by Crippen LogP contribution is -2.44. The van der Waals surface area contributed by atoms with Crippen molar-refractivity contribution in [2.24, 2.45) is 11.8 Å². The SMILES string of the molecule is C=C/C=C(\C=C/CC/C=C\CC1=C(C=C)CCCN1C(=O)NC(C)C)[C@H](C)CC[C@@H](CC)CC(=O)O. The fraction of sp³-hybridized carbons (Fsp3) is 0.548. The number of urea groups is 1. The number of nitrogens with one attached hydrogen (secondary N) is 1. The smallest absolute Gasteiger partial charge is 0.321 e. The van der Waals surface area contributed by atoms with Crippen LogP contribution in [0.15, 0.2) is 72.5 Å². The molecule has 200 valence electrons. The quantitative estimate of drug-likeness (QED) is 0.129. The molecule has 2 atom stereocenters. The summed E-state index contributed by atoms with van der Waals surface area (Å²) in [6, 6.07) is 0.0787. The van der Waals surface area contributed by atoms with Gasteiger partial charge in [-0.25, -0.2) is 4.79 Å². The zero-order valence-electron chi connectivity index (χ0n) is 23.0. The second kappa shape index (κ2) is 17.6. The van der Waals surface area contributed by atoms with Crippen LogP contribution in [0.25, 0.3) is 0 Å². The number of carbonyl (C=O) groups excluding carboxylic acids is 1. The molecule has 0 radical (unpaired) electrons. The zero-order chi connectivity index (χ0) is 26.9. The molecule has 0 saturated carbocycles. The van der Waals surface area contributed by atoms with E-state index in [-0.39, 0.29) is 24.4 Å². The number of aliphatic carboxylic acids is 1. The van der Waals surface area contributed by atoms with Gasteiger partial charge < -0.3 is 10.4 Å². The monoisotopic (exact) mass is 496 g/mol. The van der Waals surface area contributed by atoms with E-state index in [9.17, 15) is 9.59 Å². The highest BCUT2D eigenvalue weighted by molar-refractivity contribution is 5.77. The molecule has 0 aliphatic carbocycles. The van der Waals surface area contributed by atoms with Crippen molar-refractivity contribution in [2.45, 2.75) is 91.5 Å². The largest absolute Gasteiger partial charge is 0.481 e. The first kappa shape index (κ1) is 31.2. The van der Waals surface area contributed by atoms with Crippen molar-refractivity contribution >= 4 is 12.0 Å². The number of unbranched alkanes of at least 4 members (excludes halogenated alkanes) is 1. The minimum absolute atomic E-state index is 0.0285. The van der Waals surface area contributed by atoms with Crippen LogP contribution in [-0.2, 0) is 4.79 Å². The zero-order valence-corrected chi connectivity index (χ0v) is 23.0. The molecule has 1 aliphatic rings. The standard InChI is InChI=1S/C31H48N2O3/c1-7-16-28(25(6)20-21-26(8-2)23-30(34)35)17-13-11-10-12-14-19-29-27(9-3)18-15-22-33(29)31(36)32-24(4)5/h7,9,12-14,16-17,24-26H,1,3,8,10-11,15,18-23H2,2,4-6H3,(H,32,36)(H,34,35)/b14-12-,17-13-,28-16+/t25-,26-/m1/s1. The van der Waals surface area contributed by atoms with Crippen LogP contribution >= 0.6 is 0 Å². The van der Waals surface area contributed by atoms with E-state index in [0.717, 1.165) is 69.2 Å². The van der Waals surface area contributed by atoms with Gasteiger partial charge in [-0.3, -0.25) is 9.69 Å². The molecule has 5 nitrogen and oxygen atoms in total. The van der Waals surface area contributed by atoms with Gasteiger partial charge in [-0.2, -0.15) is 0 Å². The van der Waals surface area contributed by atoms with Gasteiger partial charge in [0.2, 0.25) is 0 Å². The second-order valence-corrected chi connectivity index (χ2v) is 9.94. The fourth-order valence-corrected chi connectivity index (χ4v) is 4.49. The Morgan fingerprint density at radius 2 is 1.83 bits per heavy atom. The molecule has 5 heteroatoms. The van der Waals surface area contributed by atoms with Crippen LogP contribution < -0.4 is 5.32 Å². The molecule has 36 heavy (non-hydrogen) atoms. The van der Waals surface area contributed by atoms with Crippen molar-refractivity contribution in [1.29, 1.82) is 0 Å². The number of hydrogen-bond donors (Lipinski definition) is 2. The summed E-state index contributed by atoms with van der Waals surface area (Å²) in [4.78, 5) is 25.6. The minimum atomic E-state index is -0.712. The number of hydrogen-bond acceptors (Lipinski definition) is 2. The van der Waals surface area contributed by atoms with E-state index in [2.05, 4.69) is 62.7 Å². The van der Waals surface area contributed by atoms with Crippen LogP contribution in [0.2, 0.25) is 0 Å². The number of carboxylic acid groups (broad SMARTS) is 1. The summed E-state index contributed by atoms with van der Waals surface area (Å²) in [5.41, 5.74) is 3.44. The fourth-order valence-electron chi connectivity index (χ4n) is 4.49. The molecule has 0 fully saturated rings. The Labute approximate surface area is 219 Å². The third kappa shape index (κ3) is 11.7. The summed E-state index contributed by atoms with van der Waals surface area (Å²) in [6.45, 7) is 16.8. The van der Waals surface area contributed by atoms with Crippen LogP contribution in [0, 0.1) is 11.8 Å². The van der Waals surface area contributed by atoms with E-state index in [0.29, 0.717) is 5.92 Å². The number of carbonyl (C=O) groups is 2. The third-order valence-electron chi connectivity index (χ3n) is 6.64. The highest BCUT2D eigenvalue weighted by Gasteiger charge is 2.23. The summed E-state index contributed by atoms with van der Waals surface area (Å²) in [6.07, 6.45) is 22.0. The number of carboxylic acids is 1. The molecule has 2 N–H and O–H groups in total. The van der Waals surface area contributed by atoms with Gasteiger partial charge >= 0.3 is 12.0 Å². The Balaban J connectivity index is 2.62. The molecule has 1 aliphatic heterocycles. The van der Waals surface area contributed by atoms with Crippen LogP contribution in [0.3, 0.4) is 0 Å². The molecule has 0 aromatic rings. The molecule has 0 bridgehead atoms. The Morgan fingerprint density at radius 1 is 1.11 bits per heavy atom. The van der Waals surface area contributed by atoms with E-state index in [1.54, 1.807) is 0 Å². The van der Waals surface area contributed by atoms with Crippen LogP contribution in [0.5, 0.6) is 0 Å².